The Morgan fingerprint density at radius 1 is 1.17 bits per heavy atom. The fraction of sp³-hybridized carbons (Fsp3) is 0.417. The van der Waals surface area contributed by atoms with Crippen LogP contribution in [-0.4, -0.2) is 62.6 Å². The fourth-order valence-electron chi connectivity index (χ4n) is 3.46. The molecule has 0 saturated heterocycles. The minimum atomic E-state index is -3.99. The molecule has 0 aliphatic heterocycles. The van der Waals surface area contributed by atoms with Crippen molar-refractivity contribution in [3.8, 4) is 5.75 Å². The lowest BCUT2D eigenvalue weighted by Gasteiger charge is -2.31. The van der Waals surface area contributed by atoms with Gasteiger partial charge in [0.05, 0.1) is 24.0 Å². The first-order chi connectivity index (χ1) is 17.0. The molecule has 12 heteroatoms. The summed E-state index contributed by atoms with van der Waals surface area (Å²) in [6.07, 6.45) is 2.57. The Morgan fingerprint density at radius 2 is 1.86 bits per heavy atom. The Labute approximate surface area is 211 Å². The van der Waals surface area contributed by atoms with Crippen LogP contribution in [0.2, 0.25) is 0 Å². The van der Waals surface area contributed by atoms with Gasteiger partial charge >= 0.3 is 0 Å². The quantitative estimate of drug-likeness (QED) is 0.243. The van der Waals surface area contributed by atoms with Gasteiger partial charge < -0.3 is 15.0 Å². The molecule has 1 N–H and O–H groups in total. The molecule has 2 amide bonds. The predicted octanol–water partition coefficient (Wildman–Crippen LogP) is 2.70. The van der Waals surface area contributed by atoms with Crippen LogP contribution in [0.15, 0.2) is 48.5 Å². The summed E-state index contributed by atoms with van der Waals surface area (Å²) in [7, 11) is -2.48. The lowest BCUT2D eigenvalue weighted by atomic mass is 10.1. The van der Waals surface area contributed by atoms with Crippen LogP contribution in [0.1, 0.15) is 32.3 Å². The van der Waals surface area contributed by atoms with Gasteiger partial charge in [0.2, 0.25) is 21.8 Å². The van der Waals surface area contributed by atoms with E-state index in [9.17, 15) is 28.1 Å². The van der Waals surface area contributed by atoms with E-state index in [0.29, 0.717) is 17.9 Å². The van der Waals surface area contributed by atoms with E-state index >= 15 is 0 Å². The second-order valence-electron chi connectivity index (χ2n) is 8.24. The van der Waals surface area contributed by atoms with Gasteiger partial charge in [-0.15, -0.1) is 0 Å². The van der Waals surface area contributed by atoms with Crippen LogP contribution in [-0.2, 0) is 26.2 Å². The van der Waals surface area contributed by atoms with Crippen molar-refractivity contribution in [1.82, 2.24) is 10.2 Å². The Hall–Kier alpha value is -3.67. The minimum Gasteiger partial charge on any atom is -0.497 e. The number of carbonyl (C=O) groups is 2. The van der Waals surface area contributed by atoms with Crippen LogP contribution in [0.4, 0.5) is 11.4 Å². The van der Waals surface area contributed by atoms with Gasteiger partial charge in [-0.3, -0.25) is 24.0 Å². The van der Waals surface area contributed by atoms with Crippen molar-refractivity contribution < 1.29 is 27.7 Å². The van der Waals surface area contributed by atoms with E-state index in [1.807, 2.05) is 6.92 Å². The van der Waals surface area contributed by atoms with Crippen molar-refractivity contribution >= 4 is 33.2 Å². The molecule has 2 aromatic carbocycles. The Bertz CT molecular complexity index is 1190. The summed E-state index contributed by atoms with van der Waals surface area (Å²) in [4.78, 5) is 38.1. The molecule has 1 atom stereocenters. The Balaban J connectivity index is 2.40. The number of unbranched alkanes of at least 4 members (excludes halogenated alkanes) is 1. The summed E-state index contributed by atoms with van der Waals surface area (Å²) in [5.74, 6) is -0.455. The molecule has 0 radical (unpaired) electrons. The number of rotatable bonds is 13. The zero-order valence-electron chi connectivity index (χ0n) is 20.8. The summed E-state index contributed by atoms with van der Waals surface area (Å²) >= 11 is 0. The predicted molar refractivity (Wildman–Crippen MR) is 136 cm³/mol. The number of hydrogen-bond donors (Lipinski definition) is 1. The standard InChI is InChI=1S/C24H32N4O7S/c1-5-6-13-25-24(30)18(2)26(16-19-9-7-12-22(14-19)35-3)23(29)17-27(36(4,33)34)20-10-8-11-21(15-20)28(31)32/h7-12,14-15,18H,5-6,13,16-17H2,1-4H3,(H,25,30). The van der Waals surface area contributed by atoms with E-state index in [0.717, 1.165) is 29.5 Å². The molecule has 11 nitrogen and oxygen atoms in total. The molecule has 196 valence electrons. The van der Waals surface area contributed by atoms with Crippen LogP contribution in [0.3, 0.4) is 0 Å². The zero-order chi connectivity index (χ0) is 26.9. The molecular formula is C24H32N4O7S. The molecule has 0 heterocycles. The molecule has 36 heavy (non-hydrogen) atoms. The van der Waals surface area contributed by atoms with Gasteiger partial charge in [-0.05, 0) is 37.1 Å². The lowest BCUT2D eigenvalue weighted by Crippen LogP contribution is -2.51. The van der Waals surface area contributed by atoms with Crippen LogP contribution in [0.5, 0.6) is 5.75 Å². The highest BCUT2D eigenvalue weighted by Crippen LogP contribution is 2.24. The number of anilines is 1. The number of nitro benzene ring substituents is 1. The molecule has 2 aromatic rings. The molecular weight excluding hydrogens is 488 g/mol. The third-order valence-electron chi connectivity index (χ3n) is 5.49. The van der Waals surface area contributed by atoms with Gasteiger partial charge in [0.1, 0.15) is 18.3 Å². The van der Waals surface area contributed by atoms with E-state index in [4.69, 9.17) is 4.74 Å². The maximum Gasteiger partial charge on any atom is 0.271 e. The van der Waals surface area contributed by atoms with Crippen molar-refractivity contribution in [2.45, 2.75) is 39.3 Å². The number of methoxy groups -OCH3 is 1. The largest absolute Gasteiger partial charge is 0.497 e. The van der Waals surface area contributed by atoms with Crippen LogP contribution in [0.25, 0.3) is 0 Å². The number of benzene rings is 2. The van der Waals surface area contributed by atoms with Gasteiger partial charge in [-0.2, -0.15) is 0 Å². The fourth-order valence-corrected chi connectivity index (χ4v) is 4.30. The second kappa shape index (κ2) is 12.9. The lowest BCUT2D eigenvalue weighted by molar-refractivity contribution is -0.384. The van der Waals surface area contributed by atoms with Gasteiger partial charge in [-0.25, -0.2) is 8.42 Å². The first-order valence-electron chi connectivity index (χ1n) is 11.4. The molecule has 0 bridgehead atoms. The maximum atomic E-state index is 13.5. The third-order valence-corrected chi connectivity index (χ3v) is 6.63. The number of carbonyl (C=O) groups excluding carboxylic acids is 2. The first kappa shape index (κ1) is 28.6. The van der Waals surface area contributed by atoms with Crippen LogP contribution >= 0.6 is 0 Å². The first-order valence-corrected chi connectivity index (χ1v) is 13.2. The number of sulfonamides is 1. The number of nitrogens with zero attached hydrogens (tertiary/aromatic N) is 3. The molecule has 0 aliphatic carbocycles. The van der Waals surface area contributed by atoms with Crippen LogP contribution < -0.4 is 14.4 Å². The topological polar surface area (TPSA) is 139 Å². The van der Waals surface area contributed by atoms with Crippen molar-refractivity contribution in [3.63, 3.8) is 0 Å². The summed E-state index contributed by atoms with van der Waals surface area (Å²) in [6, 6.07) is 11.1. The van der Waals surface area contributed by atoms with Gasteiger partial charge in [-0.1, -0.05) is 31.5 Å². The normalized spacial score (nSPS) is 11.9. The Morgan fingerprint density at radius 3 is 2.47 bits per heavy atom. The van der Waals surface area contributed by atoms with E-state index in [-0.39, 0.29) is 23.8 Å². The summed E-state index contributed by atoms with van der Waals surface area (Å²) in [5.41, 5.74) is 0.337. The smallest absolute Gasteiger partial charge is 0.271 e. The zero-order valence-corrected chi connectivity index (χ0v) is 21.7. The SMILES string of the molecule is CCCCNC(=O)C(C)N(Cc1cccc(OC)c1)C(=O)CN(c1cccc([N+](=O)[O-])c1)S(C)(=O)=O. The minimum absolute atomic E-state index is 0.0188. The van der Waals surface area contributed by atoms with Gasteiger partial charge in [0.25, 0.3) is 5.69 Å². The number of nitrogens with one attached hydrogen (secondary N) is 1. The molecule has 0 fully saturated rings. The number of nitro groups is 1. The van der Waals surface area contributed by atoms with Crippen molar-refractivity contribution in [2.24, 2.45) is 0 Å². The van der Waals surface area contributed by atoms with Crippen molar-refractivity contribution in [3.05, 3.63) is 64.2 Å². The maximum absolute atomic E-state index is 13.5. The monoisotopic (exact) mass is 520 g/mol. The molecule has 1 unspecified atom stereocenters. The third kappa shape index (κ3) is 7.94. The number of ether oxygens (including phenoxy) is 1. The Kier molecular flexibility index (Phi) is 10.2. The highest BCUT2D eigenvalue weighted by molar-refractivity contribution is 7.92. The molecule has 0 saturated carbocycles. The average molecular weight is 521 g/mol. The number of non-ortho nitro benzene ring substituents is 1. The van der Waals surface area contributed by atoms with Gasteiger partial charge in [0.15, 0.2) is 0 Å². The average Bonchev–Trinajstić information content (AvgIpc) is 2.84. The highest BCUT2D eigenvalue weighted by atomic mass is 32.2. The van der Waals surface area contributed by atoms with Crippen molar-refractivity contribution in [2.75, 3.05) is 30.8 Å². The van der Waals surface area contributed by atoms with E-state index in [1.54, 1.807) is 31.2 Å². The van der Waals surface area contributed by atoms with Crippen LogP contribution in [0, 0.1) is 10.1 Å². The summed E-state index contributed by atoms with van der Waals surface area (Å²) < 4.78 is 31.2. The molecule has 0 aliphatic rings. The van der Waals surface area contributed by atoms with Crippen molar-refractivity contribution in [1.29, 1.82) is 0 Å². The summed E-state index contributed by atoms with van der Waals surface area (Å²) in [6.45, 7) is 3.38. The second-order valence-corrected chi connectivity index (χ2v) is 10.1. The highest BCUT2D eigenvalue weighted by Gasteiger charge is 2.30. The van der Waals surface area contributed by atoms with E-state index in [1.165, 1.54) is 30.2 Å². The number of hydrogen-bond acceptors (Lipinski definition) is 7. The van der Waals surface area contributed by atoms with Gasteiger partial charge in [0, 0.05) is 25.2 Å². The number of amides is 2. The molecule has 0 aromatic heterocycles. The van der Waals surface area contributed by atoms with E-state index in [2.05, 4.69) is 5.32 Å². The summed E-state index contributed by atoms with van der Waals surface area (Å²) in [5, 5.41) is 14.0. The molecule has 0 spiro atoms. The van der Waals surface area contributed by atoms with E-state index < -0.39 is 33.4 Å². The molecule has 2 rings (SSSR count).